The lowest BCUT2D eigenvalue weighted by molar-refractivity contribution is 0.102. The van der Waals surface area contributed by atoms with Gasteiger partial charge in [0.15, 0.2) is 5.13 Å². The Bertz CT molecular complexity index is 1430. The molecule has 1 saturated heterocycles. The summed E-state index contributed by atoms with van der Waals surface area (Å²) >= 11 is 1.33. The lowest BCUT2D eigenvalue weighted by Crippen LogP contribution is -2.35. The second-order valence-corrected chi connectivity index (χ2v) is 11.0. The summed E-state index contributed by atoms with van der Waals surface area (Å²) in [6, 6.07) is 12.7. The van der Waals surface area contributed by atoms with Gasteiger partial charge in [0.25, 0.3) is 5.91 Å². The highest BCUT2D eigenvalue weighted by molar-refractivity contribution is 7.89. The Balaban J connectivity index is 1.39. The molecular weight excluding hydrogens is 456 g/mol. The van der Waals surface area contributed by atoms with Gasteiger partial charge in [0.05, 0.1) is 10.6 Å². The lowest BCUT2D eigenvalue weighted by Gasteiger charge is -2.26. The number of aromatic nitrogens is 2. The van der Waals surface area contributed by atoms with Crippen molar-refractivity contribution >= 4 is 43.3 Å². The molecule has 0 bridgehead atoms. The molecule has 5 rings (SSSR count). The Hall–Kier alpha value is -3.01. The molecule has 9 heteroatoms. The minimum absolute atomic E-state index is 0.152. The van der Waals surface area contributed by atoms with Crippen molar-refractivity contribution in [3.05, 3.63) is 65.2 Å². The molecule has 0 atom stereocenters. The van der Waals surface area contributed by atoms with E-state index in [9.17, 15) is 13.2 Å². The summed E-state index contributed by atoms with van der Waals surface area (Å²) in [5, 5.41) is 6.26. The van der Waals surface area contributed by atoms with Gasteiger partial charge in [-0.05, 0) is 43.5 Å². The minimum atomic E-state index is -3.62. The molecule has 7 nitrogen and oxygen atoms in total. The van der Waals surface area contributed by atoms with Crippen LogP contribution in [0.3, 0.4) is 0 Å². The van der Waals surface area contributed by atoms with E-state index in [1.807, 2.05) is 35.8 Å². The number of aromatic amines is 1. The zero-order chi connectivity index (χ0) is 23.0. The average molecular weight is 481 g/mol. The number of carbonyl (C=O) groups excluding carboxylic acids is 1. The van der Waals surface area contributed by atoms with Crippen LogP contribution in [0.15, 0.2) is 58.9 Å². The van der Waals surface area contributed by atoms with Crippen LogP contribution in [0.25, 0.3) is 22.2 Å². The van der Waals surface area contributed by atoms with E-state index in [-0.39, 0.29) is 10.8 Å². The molecule has 0 radical (unpaired) electrons. The largest absolute Gasteiger partial charge is 0.360 e. The van der Waals surface area contributed by atoms with Crippen molar-refractivity contribution < 1.29 is 13.2 Å². The summed E-state index contributed by atoms with van der Waals surface area (Å²) in [5.74, 6) is -0.372. The number of thiazole rings is 1. The maximum Gasteiger partial charge on any atom is 0.257 e. The van der Waals surface area contributed by atoms with E-state index in [0.29, 0.717) is 29.3 Å². The van der Waals surface area contributed by atoms with Crippen molar-refractivity contribution in [2.24, 2.45) is 0 Å². The van der Waals surface area contributed by atoms with Crippen LogP contribution in [0.5, 0.6) is 0 Å². The first kappa shape index (κ1) is 21.8. The van der Waals surface area contributed by atoms with Crippen LogP contribution in [0.4, 0.5) is 5.13 Å². The Kier molecular flexibility index (Phi) is 5.77. The first-order valence-corrected chi connectivity index (χ1v) is 13.2. The average Bonchev–Trinajstić information content (AvgIpc) is 3.46. The number of hydrogen-bond donors (Lipinski definition) is 2. The van der Waals surface area contributed by atoms with Gasteiger partial charge in [0.2, 0.25) is 10.0 Å². The van der Waals surface area contributed by atoms with Gasteiger partial charge >= 0.3 is 0 Å². The van der Waals surface area contributed by atoms with Gasteiger partial charge in [-0.3, -0.25) is 10.1 Å². The van der Waals surface area contributed by atoms with Crippen LogP contribution in [-0.2, 0) is 10.0 Å². The van der Waals surface area contributed by atoms with Crippen LogP contribution >= 0.6 is 11.3 Å². The first-order chi connectivity index (χ1) is 15.9. The van der Waals surface area contributed by atoms with Gasteiger partial charge in [0, 0.05) is 46.7 Å². The topological polar surface area (TPSA) is 95.2 Å². The fourth-order valence-corrected chi connectivity index (χ4v) is 6.41. The number of benzene rings is 2. The van der Waals surface area contributed by atoms with Crippen LogP contribution in [0.2, 0.25) is 0 Å². The van der Waals surface area contributed by atoms with E-state index in [4.69, 9.17) is 0 Å². The number of aryl methyl sites for hydroxylation is 1. The van der Waals surface area contributed by atoms with Gasteiger partial charge in [-0.2, -0.15) is 4.31 Å². The number of nitrogens with one attached hydrogen (secondary N) is 2. The molecule has 1 aliphatic rings. The molecule has 1 aliphatic heterocycles. The molecule has 33 heavy (non-hydrogen) atoms. The number of amides is 1. The molecule has 2 aromatic carbocycles. The molecule has 0 aliphatic carbocycles. The molecule has 0 spiro atoms. The number of hydrogen-bond acceptors (Lipinski definition) is 5. The monoisotopic (exact) mass is 480 g/mol. The van der Waals surface area contributed by atoms with Crippen molar-refractivity contribution in [3.63, 3.8) is 0 Å². The summed E-state index contributed by atoms with van der Waals surface area (Å²) in [5.41, 5.74) is 3.79. The number of piperidine rings is 1. The van der Waals surface area contributed by atoms with E-state index < -0.39 is 10.0 Å². The Morgan fingerprint density at radius 2 is 1.91 bits per heavy atom. The number of H-pyrrole nitrogens is 1. The highest BCUT2D eigenvalue weighted by atomic mass is 32.2. The quantitative estimate of drug-likeness (QED) is 0.419. The number of para-hydroxylation sites is 1. The van der Waals surface area contributed by atoms with E-state index in [1.54, 1.807) is 19.1 Å². The number of rotatable bonds is 5. The maximum atomic E-state index is 13.1. The third-order valence-corrected chi connectivity index (χ3v) is 8.65. The third-order valence-electron chi connectivity index (χ3n) is 6.00. The normalized spacial score (nSPS) is 15.1. The second-order valence-electron chi connectivity index (χ2n) is 8.18. The van der Waals surface area contributed by atoms with Gasteiger partial charge in [-0.1, -0.05) is 30.7 Å². The van der Waals surface area contributed by atoms with E-state index in [2.05, 4.69) is 15.3 Å². The molecule has 0 unspecified atom stereocenters. The van der Waals surface area contributed by atoms with Crippen LogP contribution in [0.1, 0.15) is 35.2 Å². The molecule has 4 aromatic rings. The van der Waals surface area contributed by atoms with Crippen molar-refractivity contribution in [2.45, 2.75) is 31.1 Å². The maximum absolute atomic E-state index is 13.1. The smallest absolute Gasteiger partial charge is 0.257 e. The summed E-state index contributed by atoms with van der Waals surface area (Å²) in [4.78, 5) is 21.0. The molecule has 1 amide bonds. The number of sulfonamides is 1. The van der Waals surface area contributed by atoms with Crippen LogP contribution in [0, 0.1) is 6.92 Å². The van der Waals surface area contributed by atoms with Crippen molar-refractivity contribution in [1.82, 2.24) is 14.3 Å². The Morgan fingerprint density at radius 1 is 1.12 bits per heavy atom. The Morgan fingerprint density at radius 3 is 2.73 bits per heavy atom. The molecule has 0 saturated carbocycles. The summed E-state index contributed by atoms with van der Waals surface area (Å²) in [6.07, 6.45) is 4.68. The number of anilines is 1. The predicted octanol–water partition coefficient (Wildman–Crippen LogP) is 5.03. The van der Waals surface area contributed by atoms with Crippen molar-refractivity contribution in [1.29, 1.82) is 0 Å². The summed E-state index contributed by atoms with van der Waals surface area (Å²) in [7, 11) is -3.62. The number of fused-ring (bicyclic) bond motifs is 1. The molecule has 2 aromatic heterocycles. The van der Waals surface area contributed by atoms with Crippen LogP contribution in [-0.4, -0.2) is 41.7 Å². The zero-order valence-electron chi connectivity index (χ0n) is 18.2. The van der Waals surface area contributed by atoms with Gasteiger partial charge in [-0.15, -0.1) is 11.3 Å². The van der Waals surface area contributed by atoms with E-state index >= 15 is 0 Å². The minimum Gasteiger partial charge on any atom is -0.360 e. The number of carbonyl (C=O) groups is 1. The molecule has 170 valence electrons. The number of nitrogens with zero attached hydrogens (tertiary/aromatic N) is 2. The van der Waals surface area contributed by atoms with Gasteiger partial charge in [-0.25, -0.2) is 13.4 Å². The fourth-order valence-electron chi connectivity index (χ4n) is 4.16. The highest BCUT2D eigenvalue weighted by Gasteiger charge is 2.27. The first-order valence-electron chi connectivity index (χ1n) is 10.9. The van der Waals surface area contributed by atoms with E-state index in [1.165, 1.54) is 21.7 Å². The van der Waals surface area contributed by atoms with Crippen molar-refractivity contribution in [3.8, 4) is 11.3 Å². The SMILES string of the molecule is Cc1ccc(S(=O)(=O)N2CCCCC2)cc1C(=O)Nc1nc(-c2c[nH]c3ccccc23)cs1. The van der Waals surface area contributed by atoms with Gasteiger partial charge < -0.3 is 4.98 Å². The summed E-state index contributed by atoms with van der Waals surface area (Å²) < 4.78 is 27.6. The summed E-state index contributed by atoms with van der Waals surface area (Å²) in [6.45, 7) is 2.84. The Labute approximate surface area is 196 Å². The lowest BCUT2D eigenvalue weighted by atomic mass is 10.1. The predicted molar refractivity (Wildman–Crippen MR) is 131 cm³/mol. The third kappa shape index (κ3) is 4.19. The molecule has 2 N–H and O–H groups in total. The van der Waals surface area contributed by atoms with Crippen LogP contribution < -0.4 is 5.32 Å². The van der Waals surface area contributed by atoms with E-state index in [0.717, 1.165) is 41.4 Å². The second kappa shape index (κ2) is 8.74. The standard InChI is InChI=1S/C24H24N4O3S2/c1-16-9-10-17(33(30,31)28-11-5-2-6-12-28)13-19(16)23(29)27-24-26-22(15-32-24)20-14-25-21-8-4-3-7-18(20)21/h3-4,7-10,13-15,25H,2,5-6,11-12H2,1H3,(H,26,27,29). The fraction of sp³-hybridized carbons (Fsp3) is 0.250. The highest BCUT2D eigenvalue weighted by Crippen LogP contribution is 2.31. The molecule has 3 heterocycles. The van der Waals surface area contributed by atoms with Crippen molar-refractivity contribution in [2.75, 3.05) is 18.4 Å². The zero-order valence-corrected chi connectivity index (χ0v) is 19.8. The van der Waals surface area contributed by atoms with Gasteiger partial charge in [0.1, 0.15) is 0 Å². The molecular formula is C24H24N4O3S2. The molecule has 1 fully saturated rings.